The van der Waals surface area contributed by atoms with E-state index in [1.807, 2.05) is 6.20 Å². The van der Waals surface area contributed by atoms with Gasteiger partial charge >= 0.3 is 0 Å². The van der Waals surface area contributed by atoms with E-state index in [0.29, 0.717) is 12.1 Å². The summed E-state index contributed by atoms with van der Waals surface area (Å²) in [4.78, 5) is 6.93. The standard InChI is InChI=1S/C15H23N3/c1-12-11-13(7-9-16-12)18-10-3-2-6-15(18)14-5-4-8-17-14/h7,9,11,14-15,17H,2-6,8,10H2,1H3. The number of hydrogen-bond acceptors (Lipinski definition) is 3. The van der Waals surface area contributed by atoms with Gasteiger partial charge in [0, 0.05) is 36.2 Å². The van der Waals surface area contributed by atoms with E-state index in [2.05, 4.69) is 34.3 Å². The van der Waals surface area contributed by atoms with Gasteiger partial charge in [0.2, 0.25) is 0 Å². The molecule has 3 heterocycles. The van der Waals surface area contributed by atoms with E-state index in [0.717, 1.165) is 5.69 Å². The zero-order valence-corrected chi connectivity index (χ0v) is 11.2. The molecule has 3 heteroatoms. The minimum atomic E-state index is 0.683. The number of rotatable bonds is 2. The van der Waals surface area contributed by atoms with Gasteiger partial charge in [0.25, 0.3) is 0 Å². The number of hydrogen-bond donors (Lipinski definition) is 1. The van der Waals surface area contributed by atoms with Crippen LogP contribution in [-0.2, 0) is 0 Å². The van der Waals surface area contributed by atoms with Gasteiger partial charge < -0.3 is 10.2 Å². The molecule has 0 bridgehead atoms. The third-order valence-electron chi connectivity index (χ3n) is 4.32. The summed E-state index contributed by atoms with van der Waals surface area (Å²) in [6.07, 6.45) is 8.65. The molecule has 1 aromatic heterocycles. The van der Waals surface area contributed by atoms with Crippen molar-refractivity contribution in [2.24, 2.45) is 0 Å². The molecule has 3 nitrogen and oxygen atoms in total. The van der Waals surface area contributed by atoms with Crippen LogP contribution in [0.4, 0.5) is 5.69 Å². The molecule has 2 fully saturated rings. The Morgan fingerprint density at radius 3 is 3.00 bits per heavy atom. The third-order valence-corrected chi connectivity index (χ3v) is 4.32. The van der Waals surface area contributed by atoms with Crippen LogP contribution in [0.2, 0.25) is 0 Å². The summed E-state index contributed by atoms with van der Waals surface area (Å²) in [7, 11) is 0. The van der Waals surface area contributed by atoms with Gasteiger partial charge in [0.15, 0.2) is 0 Å². The maximum absolute atomic E-state index is 4.31. The van der Waals surface area contributed by atoms with Crippen LogP contribution in [0.15, 0.2) is 18.3 Å². The average Bonchev–Trinajstić information content (AvgIpc) is 2.92. The van der Waals surface area contributed by atoms with Crippen molar-refractivity contribution in [3.8, 4) is 0 Å². The summed E-state index contributed by atoms with van der Waals surface area (Å²) in [5.41, 5.74) is 2.48. The fourth-order valence-corrected chi connectivity index (χ4v) is 3.45. The fourth-order valence-electron chi connectivity index (χ4n) is 3.45. The molecule has 2 aliphatic heterocycles. The van der Waals surface area contributed by atoms with Crippen molar-refractivity contribution in [3.63, 3.8) is 0 Å². The van der Waals surface area contributed by atoms with Gasteiger partial charge in [0.05, 0.1) is 0 Å². The smallest absolute Gasteiger partial charge is 0.0443 e. The second-order valence-corrected chi connectivity index (χ2v) is 5.61. The fraction of sp³-hybridized carbons (Fsp3) is 0.667. The first-order valence-corrected chi connectivity index (χ1v) is 7.27. The SMILES string of the molecule is Cc1cc(N2CCCCC2C2CCCN2)ccn1. The molecule has 0 saturated carbocycles. The third kappa shape index (κ3) is 2.37. The highest BCUT2D eigenvalue weighted by Gasteiger charge is 2.31. The number of nitrogens with one attached hydrogen (secondary N) is 1. The van der Waals surface area contributed by atoms with Crippen molar-refractivity contribution in [1.29, 1.82) is 0 Å². The number of anilines is 1. The van der Waals surface area contributed by atoms with E-state index >= 15 is 0 Å². The van der Waals surface area contributed by atoms with Crippen LogP contribution >= 0.6 is 0 Å². The first-order valence-electron chi connectivity index (χ1n) is 7.27. The molecule has 2 unspecified atom stereocenters. The molecule has 0 aliphatic carbocycles. The number of pyridine rings is 1. The van der Waals surface area contributed by atoms with Crippen LogP contribution in [0, 0.1) is 6.92 Å². The van der Waals surface area contributed by atoms with E-state index < -0.39 is 0 Å². The molecule has 0 aromatic carbocycles. The average molecular weight is 245 g/mol. The van der Waals surface area contributed by atoms with Crippen LogP contribution < -0.4 is 10.2 Å². The summed E-state index contributed by atoms with van der Waals surface area (Å²) in [5.74, 6) is 0. The monoisotopic (exact) mass is 245 g/mol. The van der Waals surface area contributed by atoms with E-state index in [1.165, 1.54) is 50.9 Å². The van der Waals surface area contributed by atoms with Crippen molar-refractivity contribution < 1.29 is 0 Å². The summed E-state index contributed by atoms with van der Waals surface area (Å²) >= 11 is 0. The predicted molar refractivity (Wildman–Crippen MR) is 75.0 cm³/mol. The van der Waals surface area contributed by atoms with E-state index in [-0.39, 0.29) is 0 Å². The van der Waals surface area contributed by atoms with Crippen molar-refractivity contribution in [2.75, 3.05) is 18.0 Å². The zero-order valence-electron chi connectivity index (χ0n) is 11.2. The molecule has 98 valence electrons. The lowest BCUT2D eigenvalue weighted by Crippen LogP contribution is -2.50. The topological polar surface area (TPSA) is 28.2 Å². The molecule has 18 heavy (non-hydrogen) atoms. The van der Waals surface area contributed by atoms with Crippen LogP contribution in [0.25, 0.3) is 0 Å². The normalized spacial score (nSPS) is 28.6. The van der Waals surface area contributed by atoms with E-state index in [9.17, 15) is 0 Å². The second-order valence-electron chi connectivity index (χ2n) is 5.61. The maximum Gasteiger partial charge on any atom is 0.0443 e. The van der Waals surface area contributed by atoms with Crippen molar-refractivity contribution in [2.45, 2.75) is 51.1 Å². The summed E-state index contributed by atoms with van der Waals surface area (Å²) in [5, 5.41) is 3.68. The van der Waals surface area contributed by atoms with Gasteiger partial charge in [-0.3, -0.25) is 4.98 Å². The van der Waals surface area contributed by atoms with Gasteiger partial charge in [-0.15, -0.1) is 0 Å². The molecule has 2 aliphatic rings. The van der Waals surface area contributed by atoms with Gasteiger partial charge in [-0.25, -0.2) is 0 Å². The number of piperidine rings is 1. The van der Waals surface area contributed by atoms with E-state index in [1.54, 1.807) is 0 Å². The van der Waals surface area contributed by atoms with Crippen molar-refractivity contribution >= 4 is 5.69 Å². The highest BCUT2D eigenvalue weighted by atomic mass is 15.2. The summed E-state index contributed by atoms with van der Waals surface area (Å²) in [6.45, 7) is 4.48. The van der Waals surface area contributed by atoms with Crippen LogP contribution in [0.3, 0.4) is 0 Å². The molecule has 2 saturated heterocycles. The number of aromatic nitrogens is 1. The molecule has 3 rings (SSSR count). The molecule has 2 atom stereocenters. The van der Waals surface area contributed by atoms with E-state index in [4.69, 9.17) is 0 Å². The molecular formula is C15H23N3. The lowest BCUT2D eigenvalue weighted by atomic mass is 9.94. The van der Waals surface area contributed by atoms with Gasteiger partial charge in [0.1, 0.15) is 0 Å². The minimum absolute atomic E-state index is 0.683. The molecule has 0 amide bonds. The Hall–Kier alpha value is -1.09. The second kappa shape index (κ2) is 5.27. The first-order chi connectivity index (χ1) is 8.84. The largest absolute Gasteiger partial charge is 0.367 e. The summed E-state index contributed by atoms with van der Waals surface area (Å²) in [6, 6.07) is 5.77. The highest BCUT2D eigenvalue weighted by Crippen LogP contribution is 2.29. The number of nitrogens with zero attached hydrogens (tertiary/aromatic N) is 2. The van der Waals surface area contributed by atoms with Crippen LogP contribution in [0.1, 0.15) is 37.8 Å². The molecular weight excluding hydrogens is 222 g/mol. The van der Waals surface area contributed by atoms with Crippen LogP contribution in [-0.4, -0.2) is 30.2 Å². The predicted octanol–water partition coefficient (Wildman–Crippen LogP) is 2.50. The Balaban J connectivity index is 1.82. The Morgan fingerprint density at radius 2 is 2.22 bits per heavy atom. The van der Waals surface area contributed by atoms with Crippen LogP contribution in [0.5, 0.6) is 0 Å². The number of aryl methyl sites for hydroxylation is 1. The quantitative estimate of drug-likeness (QED) is 0.867. The minimum Gasteiger partial charge on any atom is -0.367 e. The Bertz CT molecular complexity index is 398. The van der Waals surface area contributed by atoms with Crippen molar-refractivity contribution in [1.82, 2.24) is 10.3 Å². The van der Waals surface area contributed by atoms with Gasteiger partial charge in [-0.1, -0.05) is 0 Å². The summed E-state index contributed by atoms with van der Waals surface area (Å²) < 4.78 is 0. The highest BCUT2D eigenvalue weighted by molar-refractivity contribution is 5.48. The Morgan fingerprint density at radius 1 is 1.28 bits per heavy atom. The van der Waals surface area contributed by atoms with Crippen molar-refractivity contribution in [3.05, 3.63) is 24.0 Å². The Kier molecular flexibility index (Phi) is 3.50. The molecule has 0 radical (unpaired) electrons. The van der Waals surface area contributed by atoms with Gasteiger partial charge in [-0.05, 0) is 57.7 Å². The molecule has 1 N–H and O–H groups in total. The maximum atomic E-state index is 4.31. The lowest BCUT2D eigenvalue weighted by molar-refractivity contribution is 0.378. The molecule has 0 spiro atoms. The van der Waals surface area contributed by atoms with Gasteiger partial charge in [-0.2, -0.15) is 0 Å². The zero-order chi connectivity index (χ0) is 12.4. The molecule has 1 aromatic rings. The first kappa shape index (κ1) is 12.0. The lowest BCUT2D eigenvalue weighted by Gasteiger charge is -2.41. The Labute approximate surface area is 110 Å².